The first-order valence-corrected chi connectivity index (χ1v) is 27.7. The van der Waals surface area contributed by atoms with Gasteiger partial charge >= 0.3 is 17.9 Å². The molecule has 6 nitrogen and oxygen atoms in total. The Morgan fingerprint density at radius 2 is 0.667 bits per heavy atom. The van der Waals surface area contributed by atoms with Crippen molar-refractivity contribution in [3.63, 3.8) is 0 Å². The van der Waals surface area contributed by atoms with E-state index in [4.69, 9.17) is 14.2 Å². The van der Waals surface area contributed by atoms with E-state index < -0.39 is 6.10 Å². The van der Waals surface area contributed by atoms with Crippen molar-refractivity contribution in [3.05, 3.63) is 85.1 Å². The van der Waals surface area contributed by atoms with Crippen LogP contribution >= 0.6 is 0 Å². The molecule has 0 saturated heterocycles. The van der Waals surface area contributed by atoms with E-state index >= 15 is 0 Å². The van der Waals surface area contributed by atoms with Crippen LogP contribution in [0.2, 0.25) is 0 Å². The van der Waals surface area contributed by atoms with E-state index in [9.17, 15) is 14.4 Å². The van der Waals surface area contributed by atoms with E-state index in [0.29, 0.717) is 19.3 Å². The Hall–Kier alpha value is -3.41. The highest BCUT2D eigenvalue weighted by molar-refractivity contribution is 5.71. The predicted molar refractivity (Wildman–Crippen MR) is 284 cm³/mol. The van der Waals surface area contributed by atoms with Gasteiger partial charge in [0.15, 0.2) is 6.10 Å². The molecule has 0 rings (SSSR count). The van der Waals surface area contributed by atoms with Crippen molar-refractivity contribution in [1.82, 2.24) is 0 Å². The first-order valence-electron chi connectivity index (χ1n) is 27.7. The van der Waals surface area contributed by atoms with Crippen LogP contribution < -0.4 is 0 Å². The van der Waals surface area contributed by atoms with Gasteiger partial charge < -0.3 is 14.2 Å². The second-order valence-corrected chi connectivity index (χ2v) is 18.2. The van der Waals surface area contributed by atoms with Gasteiger partial charge in [-0.15, -0.1) is 0 Å². The van der Waals surface area contributed by atoms with Gasteiger partial charge in [0.25, 0.3) is 0 Å². The highest BCUT2D eigenvalue weighted by Crippen LogP contribution is 2.16. The van der Waals surface area contributed by atoms with E-state index in [1.165, 1.54) is 128 Å². The Labute approximate surface area is 407 Å². The van der Waals surface area contributed by atoms with Gasteiger partial charge in [-0.1, -0.05) is 260 Å². The first-order chi connectivity index (χ1) is 32.5. The normalized spacial score (nSPS) is 12.7. The third-order valence-corrected chi connectivity index (χ3v) is 11.8. The van der Waals surface area contributed by atoms with Crippen LogP contribution in [-0.4, -0.2) is 37.2 Å². The summed E-state index contributed by atoms with van der Waals surface area (Å²) in [6.45, 7) is 6.37. The topological polar surface area (TPSA) is 78.9 Å². The molecule has 6 heteroatoms. The van der Waals surface area contributed by atoms with Gasteiger partial charge in [-0.25, -0.2) is 0 Å². The molecule has 0 aliphatic carbocycles. The number of hydrogen-bond acceptors (Lipinski definition) is 6. The van der Waals surface area contributed by atoms with Crippen molar-refractivity contribution in [1.29, 1.82) is 0 Å². The molecule has 0 aromatic rings. The summed E-state index contributed by atoms with van der Waals surface area (Å²) in [5.41, 5.74) is 0. The Kier molecular flexibility index (Phi) is 51.4. The molecular formula is C60H102O6. The molecule has 0 fully saturated rings. The molecule has 0 aliphatic heterocycles. The number of ether oxygens (including phenoxy) is 3. The van der Waals surface area contributed by atoms with Crippen molar-refractivity contribution in [2.75, 3.05) is 13.2 Å². The minimum atomic E-state index is -0.801. The van der Waals surface area contributed by atoms with Gasteiger partial charge in [-0.05, 0) is 64.2 Å². The van der Waals surface area contributed by atoms with Crippen molar-refractivity contribution in [3.8, 4) is 0 Å². The monoisotopic (exact) mass is 919 g/mol. The fourth-order valence-corrected chi connectivity index (χ4v) is 7.68. The van der Waals surface area contributed by atoms with Crippen LogP contribution in [0.5, 0.6) is 0 Å². The number of rotatable bonds is 49. The standard InChI is InChI=1S/C60H102O6/c1-4-7-10-13-16-19-22-25-28-29-30-31-33-35-38-41-44-47-50-53-59(62)65-56-57(55-64-58(61)52-49-46-43-40-37-34-27-24-21-18-15-12-9-6-3)66-60(63)54-51-48-45-42-39-36-32-26-23-20-17-14-11-8-5-2/h8-9,11-12,14,17-18,20-21,23,26,32,36,39,57H,4-7,10,13,15-16,19,22,24-25,27-31,33-35,37-38,40-56H2,1-3H3/b11-8-,12-9-,17-14-,21-18-,23-20-,32-26-,39-36-. The summed E-state index contributed by atoms with van der Waals surface area (Å²) in [4.78, 5) is 38.1. The summed E-state index contributed by atoms with van der Waals surface area (Å²) in [6, 6.07) is 0. The van der Waals surface area contributed by atoms with Gasteiger partial charge in [0.2, 0.25) is 0 Å². The fraction of sp³-hybridized carbons (Fsp3) is 0.717. The van der Waals surface area contributed by atoms with Gasteiger partial charge in [-0.3, -0.25) is 14.4 Å². The Bertz CT molecular complexity index is 1290. The Balaban J connectivity index is 4.41. The molecule has 378 valence electrons. The summed E-state index contributed by atoms with van der Waals surface area (Å²) in [6.07, 6.45) is 70.0. The van der Waals surface area contributed by atoms with Crippen molar-refractivity contribution in [2.45, 2.75) is 264 Å². The fourth-order valence-electron chi connectivity index (χ4n) is 7.68. The van der Waals surface area contributed by atoms with E-state index in [0.717, 1.165) is 83.5 Å². The predicted octanol–water partition coefficient (Wildman–Crippen LogP) is 18.4. The SMILES string of the molecule is CC\C=C/C=C\C=C/C=C\C=C/CCCCCC(=O)OC(COC(=O)CCCCCCCCC/C=C\C/C=C\CC)COC(=O)CCCCCCCCCCCCCCCCCCCCC. The molecule has 0 bridgehead atoms. The third kappa shape index (κ3) is 51.6. The maximum atomic E-state index is 12.8. The van der Waals surface area contributed by atoms with Crippen LogP contribution in [0, 0.1) is 0 Å². The minimum absolute atomic E-state index is 0.0949. The lowest BCUT2D eigenvalue weighted by Gasteiger charge is -2.18. The zero-order valence-electron chi connectivity index (χ0n) is 43.2. The van der Waals surface area contributed by atoms with Crippen LogP contribution in [-0.2, 0) is 28.6 Å². The molecule has 0 saturated carbocycles. The molecule has 0 spiro atoms. The maximum absolute atomic E-state index is 12.8. The highest BCUT2D eigenvalue weighted by atomic mass is 16.6. The van der Waals surface area contributed by atoms with Crippen LogP contribution in [0.4, 0.5) is 0 Å². The summed E-state index contributed by atoms with van der Waals surface area (Å²) in [5, 5.41) is 0. The van der Waals surface area contributed by atoms with Gasteiger partial charge in [-0.2, -0.15) is 0 Å². The van der Waals surface area contributed by atoms with Gasteiger partial charge in [0, 0.05) is 19.3 Å². The number of allylic oxidation sites excluding steroid dienone is 14. The molecule has 0 N–H and O–H groups in total. The third-order valence-electron chi connectivity index (χ3n) is 11.8. The van der Waals surface area contributed by atoms with Crippen LogP contribution in [0.15, 0.2) is 85.1 Å². The lowest BCUT2D eigenvalue weighted by molar-refractivity contribution is -0.167. The Morgan fingerprint density at radius 1 is 0.333 bits per heavy atom. The van der Waals surface area contributed by atoms with Crippen LogP contribution in [0.3, 0.4) is 0 Å². The summed E-state index contributed by atoms with van der Waals surface area (Å²) in [5.74, 6) is -0.940. The molecule has 0 radical (unpaired) electrons. The van der Waals surface area contributed by atoms with Gasteiger partial charge in [0.1, 0.15) is 13.2 Å². The van der Waals surface area contributed by atoms with E-state index in [2.05, 4.69) is 57.2 Å². The molecule has 0 aromatic heterocycles. The summed E-state index contributed by atoms with van der Waals surface area (Å²) < 4.78 is 16.8. The van der Waals surface area contributed by atoms with Gasteiger partial charge in [0.05, 0.1) is 0 Å². The van der Waals surface area contributed by atoms with Crippen molar-refractivity contribution in [2.24, 2.45) is 0 Å². The van der Waals surface area contributed by atoms with E-state index in [1.54, 1.807) is 0 Å². The zero-order valence-corrected chi connectivity index (χ0v) is 43.2. The van der Waals surface area contributed by atoms with Crippen LogP contribution in [0.1, 0.15) is 258 Å². The molecule has 0 aliphatic rings. The van der Waals surface area contributed by atoms with E-state index in [-0.39, 0.29) is 37.5 Å². The zero-order chi connectivity index (χ0) is 47.9. The molecule has 0 aromatic carbocycles. The van der Waals surface area contributed by atoms with E-state index in [1.807, 2.05) is 48.6 Å². The first kappa shape index (κ1) is 62.6. The molecule has 0 amide bonds. The number of hydrogen-bond donors (Lipinski definition) is 0. The minimum Gasteiger partial charge on any atom is -0.462 e. The average molecular weight is 919 g/mol. The second-order valence-electron chi connectivity index (χ2n) is 18.2. The molecule has 0 heterocycles. The molecule has 1 atom stereocenters. The van der Waals surface area contributed by atoms with Crippen molar-refractivity contribution < 1.29 is 28.6 Å². The molecule has 1 unspecified atom stereocenters. The lowest BCUT2D eigenvalue weighted by Crippen LogP contribution is -2.30. The summed E-state index contributed by atoms with van der Waals surface area (Å²) >= 11 is 0. The smallest absolute Gasteiger partial charge is 0.306 e. The van der Waals surface area contributed by atoms with Crippen molar-refractivity contribution >= 4 is 17.9 Å². The summed E-state index contributed by atoms with van der Waals surface area (Å²) in [7, 11) is 0. The Morgan fingerprint density at radius 3 is 1.11 bits per heavy atom. The number of carbonyl (C=O) groups excluding carboxylic acids is 3. The largest absolute Gasteiger partial charge is 0.462 e. The second kappa shape index (κ2) is 54.2. The highest BCUT2D eigenvalue weighted by Gasteiger charge is 2.19. The quantitative estimate of drug-likeness (QED) is 0.0199. The number of esters is 3. The molecular weight excluding hydrogens is 817 g/mol. The lowest BCUT2D eigenvalue weighted by atomic mass is 10.0. The maximum Gasteiger partial charge on any atom is 0.306 e. The van der Waals surface area contributed by atoms with Crippen LogP contribution in [0.25, 0.3) is 0 Å². The molecule has 66 heavy (non-hydrogen) atoms. The number of unbranched alkanes of at least 4 members (excludes halogenated alkanes) is 28. The average Bonchev–Trinajstić information content (AvgIpc) is 3.31. The number of carbonyl (C=O) groups is 3.